The number of rotatable bonds is 4. The monoisotopic (exact) mass is 776 g/mol. The van der Waals surface area contributed by atoms with E-state index in [9.17, 15) is 0 Å². The zero-order valence-corrected chi connectivity index (χ0v) is 33.1. The average Bonchev–Trinajstić information content (AvgIpc) is 4.15. The Hall–Kier alpha value is -8.44. The highest BCUT2D eigenvalue weighted by atomic mass is 16.5. The molecule has 60 heavy (non-hydrogen) atoms. The summed E-state index contributed by atoms with van der Waals surface area (Å²) in [4.78, 5) is 17.9. The third kappa shape index (κ3) is 7.78. The van der Waals surface area contributed by atoms with Crippen molar-refractivity contribution in [3.63, 3.8) is 0 Å². The van der Waals surface area contributed by atoms with Gasteiger partial charge in [-0.05, 0) is 127 Å². The van der Waals surface area contributed by atoms with Crippen molar-refractivity contribution in [1.82, 2.24) is 19.9 Å². The molecule has 0 amide bonds. The van der Waals surface area contributed by atoms with Gasteiger partial charge in [0.25, 0.3) is 0 Å². The fourth-order valence-electron chi connectivity index (χ4n) is 6.94. The Morgan fingerprint density at radius 1 is 0.367 bits per heavy atom. The largest absolute Gasteiger partial charge is 0.497 e. The second-order valence-corrected chi connectivity index (χ2v) is 13.8. The van der Waals surface area contributed by atoms with Crippen LogP contribution in [0.15, 0.2) is 127 Å². The van der Waals surface area contributed by atoms with Crippen LogP contribution in [0, 0.1) is 35.5 Å². The van der Waals surface area contributed by atoms with Gasteiger partial charge in [-0.25, -0.2) is 9.97 Å². The summed E-state index contributed by atoms with van der Waals surface area (Å²) < 4.78 is 16.2. The number of methoxy groups -OCH3 is 3. The van der Waals surface area contributed by atoms with Crippen LogP contribution in [-0.4, -0.2) is 41.3 Å². The number of aromatic amines is 2. The average molecular weight is 777 g/mol. The molecule has 0 aliphatic carbocycles. The smallest absolute Gasteiger partial charge is 0.118 e. The van der Waals surface area contributed by atoms with Crippen LogP contribution >= 0.6 is 0 Å². The molecule has 4 aromatic carbocycles. The molecular weight excluding hydrogens is 741 g/mol. The summed E-state index contributed by atoms with van der Waals surface area (Å²) in [5.41, 5.74) is 12.9. The third-order valence-electron chi connectivity index (χ3n) is 10.1. The van der Waals surface area contributed by atoms with Gasteiger partial charge in [-0.3, -0.25) is 0 Å². The molecule has 8 bridgehead atoms. The molecule has 0 unspecified atom stereocenters. The van der Waals surface area contributed by atoms with E-state index in [-0.39, 0.29) is 0 Å². The van der Waals surface area contributed by atoms with E-state index >= 15 is 0 Å². The highest BCUT2D eigenvalue weighted by Crippen LogP contribution is 2.31. The fraction of sp³-hybridized carbons (Fsp3) is 0.0566. The Bertz CT molecular complexity index is 3030. The van der Waals surface area contributed by atoms with Crippen molar-refractivity contribution in [3.8, 4) is 63.9 Å². The quantitative estimate of drug-likeness (QED) is 0.174. The SMILES string of the molecule is COc1ccc(C#Cc2c3nc(c(C#Cc4ccc(OC)cc4)c4ccc([nH]4)c(-c4ccccc4)c4ccc([nH]4)c(C#Cc4ccc(OC)cc4)c4nc2C=C4)C=C3)cc1. The van der Waals surface area contributed by atoms with Gasteiger partial charge in [-0.2, -0.15) is 0 Å². The molecule has 286 valence electrons. The van der Waals surface area contributed by atoms with Gasteiger partial charge in [0.1, 0.15) is 17.2 Å². The van der Waals surface area contributed by atoms with Gasteiger partial charge in [0.15, 0.2) is 0 Å². The molecule has 2 aliphatic rings. The van der Waals surface area contributed by atoms with E-state index in [4.69, 9.17) is 24.2 Å². The molecule has 7 heteroatoms. The maximum Gasteiger partial charge on any atom is 0.118 e. The van der Waals surface area contributed by atoms with Crippen molar-refractivity contribution in [3.05, 3.63) is 184 Å². The number of nitrogens with one attached hydrogen (secondary N) is 2. The molecule has 0 saturated heterocycles. The number of hydrogen-bond acceptors (Lipinski definition) is 5. The van der Waals surface area contributed by atoms with Crippen molar-refractivity contribution in [2.75, 3.05) is 21.3 Å². The highest BCUT2D eigenvalue weighted by molar-refractivity contribution is 5.95. The highest BCUT2D eigenvalue weighted by Gasteiger charge is 2.16. The number of benzene rings is 4. The van der Waals surface area contributed by atoms with Crippen LogP contribution in [0.25, 0.3) is 57.5 Å². The Balaban J connectivity index is 1.36. The molecule has 2 N–H and O–H groups in total. The lowest BCUT2D eigenvalue weighted by Gasteiger charge is -2.03. The lowest BCUT2D eigenvalue weighted by molar-refractivity contribution is 0.414. The van der Waals surface area contributed by atoms with Gasteiger partial charge < -0.3 is 24.2 Å². The Kier molecular flexibility index (Phi) is 10.3. The third-order valence-corrected chi connectivity index (χ3v) is 10.1. The Morgan fingerprint density at radius 3 is 1.10 bits per heavy atom. The summed E-state index contributed by atoms with van der Waals surface area (Å²) in [6.45, 7) is 0. The predicted molar refractivity (Wildman–Crippen MR) is 241 cm³/mol. The zero-order chi connectivity index (χ0) is 40.8. The molecule has 5 heterocycles. The van der Waals surface area contributed by atoms with Crippen LogP contribution in [-0.2, 0) is 0 Å². The predicted octanol–water partition coefficient (Wildman–Crippen LogP) is 10.5. The molecule has 0 atom stereocenters. The Labute approximate surface area is 348 Å². The molecule has 0 radical (unpaired) electrons. The normalized spacial score (nSPS) is 11.1. The first-order valence-electron chi connectivity index (χ1n) is 19.2. The summed E-state index contributed by atoms with van der Waals surface area (Å²) in [7, 11) is 4.95. The number of nitrogens with zero attached hydrogens (tertiary/aromatic N) is 2. The molecule has 2 aliphatic heterocycles. The van der Waals surface area contributed by atoms with Crippen LogP contribution in [0.2, 0.25) is 0 Å². The fourth-order valence-corrected chi connectivity index (χ4v) is 6.94. The van der Waals surface area contributed by atoms with Gasteiger partial charge in [0, 0.05) is 33.3 Å². The van der Waals surface area contributed by atoms with Gasteiger partial charge in [-0.15, -0.1) is 0 Å². The number of hydrogen-bond donors (Lipinski definition) is 2. The number of fused-ring (bicyclic) bond motifs is 8. The van der Waals surface area contributed by atoms with E-state index in [0.29, 0.717) is 28.3 Å². The van der Waals surface area contributed by atoms with E-state index in [1.54, 1.807) is 21.3 Å². The van der Waals surface area contributed by atoms with Crippen molar-refractivity contribution in [1.29, 1.82) is 0 Å². The molecule has 0 saturated carbocycles. The molecule has 3 aromatic heterocycles. The van der Waals surface area contributed by atoms with Crippen LogP contribution in [0.1, 0.15) is 56.2 Å². The Morgan fingerprint density at radius 2 is 0.717 bits per heavy atom. The van der Waals surface area contributed by atoms with Crippen molar-refractivity contribution in [2.45, 2.75) is 0 Å². The van der Waals surface area contributed by atoms with Gasteiger partial charge in [0.2, 0.25) is 0 Å². The summed E-state index contributed by atoms with van der Waals surface area (Å²) in [5, 5.41) is 0. The van der Waals surface area contributed by atoms with Crippen molar-refractivity contribution >= 4 is 46.4 Å². The summed E-state index contributed by atoms with van der Waals surface area (Å²) in [5.74, 6) is 22.7. The van der Waals surface area contributed by atoms with Gasteiger partial charge in [0.05, 0.1) is 71.8 Å². The minimum absolute atomic E-state index is 0.666. The zero-order valence-electron chi connectivity index (χ0n) is 33.1. The second kappa shape index (κ2) is 16.6. The van der Waals surface area contributed by atoms with E-state index in [1.165, 1.54) is 0 Å². The second-order valence-electron chi connectivity index (χ2n) is 13.8. The topological polar surface area (TPSA) is 85.0 Å². The van der Waals surface area contributed by atoms with Gasteiger partial charge >= 0.3 is 0 Å². The van der Waals surface area contributed by atoms with Crippen LogP contribution in [0.3, 0.4) is 0 Å². The summed E-state index contributed by atoms with van der Waals surface area (Å²) in [6.07, 6.45) is 7.93. The van der Waals surface area contributed by atoms with Crippen LogP contribution in [0.4, 0.5) is 0 Å². The van der Waals surface area contributed by atoms with Crippen LogP contribution in [0.5, 0.6) is 17.2 Å². The number of ether oxygens (including phenoxy) is 3. The lowest BCUT2D eigenvalue weighted by atomic mass is 10.1. The first-order chi connectivity index (χ1) is 29.5. The first kappa shape index (κ1) is 37.2. The summed E-state index contributed by atoms with van der Waals surface area (Å²) in [6, 6.07) is 41.7. The lowest BCUT2D eigenvalue weighted by Crippen LogP contribution is -1.91. The van der Waals surface area contributed by atoms with Crippen molar-refractivity contribution in [2.24, 2.45) is 0 Å². The summed E-state index contributed by atoms with van der Waals surface area (Å²) >= 11 is 0. The van der Waals surface area contributed by atoms with Crippen molar-refractivity contribution < 1.29 is 14.2 Å². The number of aromatic nitrogens is 4. The molecular formula is C53H36N4O3. The molecule has 9 rings (SSSR count). The minimum atomic E-state index is 0.666. The van der Waals surface area contributed by atoms with Crippen LogP contribution < -0.4 is 14.2 Å². The maximum atomic E-state index is 5.38. The van der Waals surface area contributed by atoms with E-state index in [0.717, 1.165) is 78.3 Å². The molecule has 0 fully saturated rings. The molecule has 7 aromatic rings. The van der Waals surface area contributed by atoms with E-state index in [1.807, 2.05) is 115 Å². The maximum absolute atomic E-state index is 5.38. The van der Waals surface area contributed by atoms with E-state index < -0.39 is 0 Å². The standard InChI is InChI=1S/C53H36N4O3/c1-58-39-18-9-35(10-19-39)15-24-42-45-27-29-47(54-45)43(25-16-36-11-20-40(59-2)21-12-36)49-31-33-51(56-49)53(38-7-5-4-6-8-38)52-34-32-50(57-52)44(48-30-28-46(42)55-48)26-17-37-13-22-41(60-3)23-14-37/h4-14,18-23,27-34,56-57H,1-3H3. The minimum Gasteiger partial charge on any atom is -0.497 e. The number of H-pyrrole nitrogens is 2. The molecule has 0 spiro atoms. The molecule has 7 nitrogen and oxygen atoms in total. The first-order valence-corrected chi connectivity index (χ1v) is 19.2. The van der Waals surface area contributed by atoms with Gasteiger partial charge in [-0.1, -0.05) is 65.9 Å². The van der Waals surface area contributed by atoms with E-state index in [2.05, 4.69) is 81.9 Å².